The van der Waals surface area contributed by atoms with E-state index in [2.05, 4.69) is 10.3 Å². The summed E-state index contributed by atoms with van der Waals surface area (Å²) in [7, 11) is 0. The molecule has 0 amide bonds. The Hall–Kier alpha value is -1.46. The number of unbranched alkanes of at least 4 members (excludes halogenated alkanes) is 1. The third-order valence-electron chi connectivity index (χ3n) is 3.27. The van der Waals surface area contributed by atoms with Crippen LogP contribution in [0.5, 0.6) is 0 Å². The van der Waals surface area contributed by atoms with Gasteiger partial charge in [-0.1, -0.05) is 6.07 Å². The van der Waals surface area contributed by atoms with E-state index in [9.17, 15) is 4.79 Å². The number of hydrogen-bond acceptors (Lipinski definition) is 4. The number of pyridine rings is 1. The molecule has 1 aromatic rings. The second-order valence-electron chi connectivity index (χ2n) is 4.61. The number of carbonyl (C=O) groups is 1. The number of carboxylic acid groups (broad SMARTS) is 1. The first-order chi connectivity index (χ1) is 8.70. The maximum Gasteiger partial charge on any atom is 0.354 e. The summed E-state index contributed by atoms with van der Waals surface area (Å²) in [5, 5.41) is 21.1. The lowest BCUT2D eigenvalue weighted by atomic mass is 9.97. The molecule has 0 spiro atoms. The predicted molar refractivity (Wildman–Crippen MR) is 66.5 cm³/mol. The van der Waals surface area contributed by atoms with E-state index in [-0.39, 0.29) is 12.3 Å². The van der Waals surface area contributed by atoms with Crippen molar-refractivity contribution in [1.82, 2.24) is 10.3 Å². The van der Waals surface area contributed by atoms with Crippen LogP contribution in [-0.4, -0.2) is 33.8 Å². The molecule has 0 radical (unpaired) electrons. The molecule has 2 rings (SSSR count). The number of hydrogen-bond donors (Lipinski definition) is 3. The van der Waals surface area contributed by atoms with Crippen LogP contribution < -0.4 is 5.32 Å². The Morgan fingerprint density at radius 2 is 2.28 bits per heavy atom. The van der Waals surface area contributed by atoms with Crippen LogP contribution in [0.3, 0.4) is 0 Å². The number of aliphatic hydroxyl groups is 1. The van der Waals surface area contributed by atoms with Gasteiger partial charge in [-0.3, -0.25) is 0 Å². The van der Waals surface area contributed by atoms with Crippen molar-refractivity contribution in [2.75, 3.05) is 6.61 Å². The molecule has 18 heavy (non-hydrogen) atoms. The van der Waals surface area contributed by atoms with Gasteiger partial charge in [0.05, 0.1) is 0 Å². The number of fused-ring (bicyclic) bond motifs is 1. The van der Waals surface area contributed by atoms with Gasteiger partial charge in [0.15, 0.2) is 0 Å². The van der Waals surface area contributed by atoms with E-state index < -0.39 is 5.97 Å². The maximum absolute atomic E-state index is 10.9. The fraction of sp³-hybridized carbons (Fsp3) is 0.538. The van der Waals surface area contributed by atoms with Crippen LogP contribution in [0, 0.1) is 0 Å². The molecule has 0 aliphatic carbocycles. The highest BCUT2D eigenvalue weighted by Gasteiger charge is 2.20. The Kier molecular flexibility index (Phi) is 4.28. The van der Waals surface area contributed by atoms with E-state index in [1.807, 2.05) is 6.07 Å². The summed E-state index contributed by atoms with van der Waals surface area (Å²) in [5.74, 6) is -0.979. The van der Waals surface area contributed by atoms with E-state index in [1.54, 1.807) is 6.07 Å². The van der Waals surface area contributed by atoms with Gasteiger partial charge in [0.25, 0.3) is 0 Å². The largest absolute Gasteiger partial charge is 0.477 e. The van der Waals surface area contributed by atoms with Gasteiger partial charge in [0, 0.05) is 31.3 Å². The van der Waals surface area contributed by atoms with E-state index in [1.165, 1.54) is 0 Å². The van der Waals surface area contributed by atoms with Crippen molar-refractivity contribution in [3.8, 4) is 0 Å². The Labute approximate surface area is 106 Å². The number of rotatable bonds is 5. The second-order valence-corrected chi connectivity index (χ2v) is 4.61. The zero-order valence-electron chi connectivity index (χ0n) is 10.2. The quantitative estimate of drug-likeness (QED) is 0.678. The molecule has 0 fully saturated rings. The lowest BCUT2D eigenvalue weighted by Gasteiger charge is -2.25. The summed E-state index contributed by atoms with van der Waals surface area (Å²) in [5.41, 5.74) is 2.09. The minimum atomic E-state index is -0.979. The molecule has 0 saturated carbocycles. The van der Waals surface area contributed by atoms with E-state index >= 15 is 0 Å². The first kappa shape index (κ1) is 13.0. The highest BCUT2D eigenvalue weighted by atomic mass is 16.4. The number of aromatic nitrogens is 1. The molecule has 1 aliphatic heterocycles. The van der Waals surface area contributed by atoms with Crippen LogP contribution >= 0.6 is 0 Å². The van der Waals surface area contributed by atoms with Crippen molar-refractivity contribution in [3.05, 3.63) is 29.1 Å². The molecule has 5 nitrogen and oxygen atoms in total. The highest BCUT2D eigenvalue weighted by Crippen LogP contribution is 2.18. The van der Waals surface area contributed by atoms with Crippen molar-refractivity contribution in [2.45, 2.75) is 38.3 Å². The third kappa shape index (κ3) is 3.05. The number of carboxylic acids is 1. The molecule has 0 aromatic carbocycles. The fourth-order valence-electron chi connectivity index (χ4n) is 2.25. The maximum atomic E-state index is 10.9. The lowest BCUT2D eigenvalue weighted by Crippen LogP contribution is -2.36. The average Bonchev–Trinajstić information content (AvgIpc) is 2.38. The van der Waals surface area contributed by atoms with E-state index in [0.29, 0.717) is 6.04 Å². The van der Waals surface area contributed by atoms with Gasteiger partial charge in [0.2, 0.25) is 0 Å². The van der Waals surface area contributed by atoms with Gasteiger partial charge in [-0.2, -0.15) is 0 Å². The van der Waals surface area contributed by atoms with Gasteiger partial charge in [-0.25, -0.2) is 9.78 Å². The SMILES string of the molecule is O=C(O)c1ccc2c(n1)CC(CCCCO)NC2. The molecular weight excluding hydrogens is 232 g/mol. The summed E-state index contributed by atoms with van der Waals surface area (Å²) >= 11 is 0. The molecule has 1 unspecified atom stereocenters. The normalized spacial score (nSPS) is 18.4. The summed E-state index contributed by atoms with van der Waals surface area (Å²) in [6.45, 7) is 0.969. The fourth-order valence-corrected chi connectivity index (χ4v) is 2.25. The summed E-state index contributed by atoms with van der Waals surface area (Å²) in [6, 6.07) is 3.72. The Morgan fingerprint density at radius 1 is 1.44 bits per heavy atom. The topological polar surface area (TPSA) is 82.5 Å². The standard InChI is InChI=1S/C13H18N2O3/c16-6-2-1-3-10-7-12-9(8-14-10)4-5-11(15-12)13(17)18/h4-5,10,14,16H,1-3,6-8H2,(H,17,18). The molecule has 1 aliphatic rings. The second kappa shape index (κ2) is 5.93. The molecule has 1 aromatic heterocycles. The first-order valence-electron chi connectivity index (χ1n) is 6.27. The third-order valence-corrected chi connectivity index (χ3v) is 3.27. The van der Waals surface area contributed by atoms with Gasteiger partial charge in [-0.15, -0.1) is 0 Å². The van der Waals surface area contributed by atoms with Crippen molar-refractivity contribution in [2.24, 2.45) is 0 Å². The molecule has 3 N–H and O–H groups in total. The summed E-state index contributed by atoms with van der Waals surface area (Å²) < 4.78 is 0. The number of aliphatic hydroxyl groups excluding tert-OH is 1. The van der Waals surface area contributed by atoms with Crippen LogP contribution in [0.4, 0.5) is 0 Å². The molecule has 0 saturated heterocycles. The van der Waals surface area contributed by atoms with Crippen LogP contribution in [0.15, 0.2) is 12.1 Å². The minimum Gasteiger partial charge on any atom is -0.477 e. The molecular formula is C13H18N2O3. The predicted octanol–water partition coefficient (Wildman–Crippen LogP) is 0.957. The van der Waals surface area contributed by atoms with Gasteiger partial charge < -0.3 is 15.5 Å². The van der Waals surface area contributed by atoms with Crippen LogP contribution in [-0.2, 0) is 13.0 Å². The lowest BCUT2D eigenvalue weighted by molar-refractivity contribution is 0.0690. The van der Waals surface area contributed by atoms with E-state index in [4.69, 9.17) is 10.2 Å². The minimum absolute atomic E-state index is 0.116. The Bertz CT molecular complexity index is 434. The number of nitrogens with zero attached hydrogens (tertiary/aromatic N) is 1. The van der Waals surface area contributed by atoms with Gasteiger partial charge >= 0.3 is 5.97 Å². The highest BCUT2D eigenvalue weighted by molar-refractivity contribution is 5.85. The Balaban J connectivity index is 2.02. The number of aromatic carboxylic acids is 1. The van der Waals surface area contributed by atoms with Crippen molar-refractivity contribution in [1.29, 1.82) is 0 Å². The van der Waals surface area contributed by atoms with Crippen molar-refractivity contribution >= 4 is 5.97 Å². The summed E-state index contributed by atoms with van der Waals surface area (Å²) in [6.07, 6.45) is 3.54. The van der Waals surface area contributed by atoms with E-state index in [0.717, 1.165) is 43.5 Å². The van der Waals surface area contributed by atoms with Crippen molar-refractivity contribution in [3.63, 3.8) is 0 Å². The van der Waals surface area contributed by atoms with Crippen LogP contribution in [0.1, 0.15) is 41.0 Å². The molecule has 5 heteroatoms. The number of nitrogens with one attached hydrogen (secondary N) is 1. The van der Waals surface area contributed by atoms with Crippen molar-refractivity contribution < 1.29 is 15.0 Å². The Morgan fingerprint density at radius 3 is 3.00 bits per heavy atom. The zero-order chi connectivity index (χ0) is 13.0. The van der Waals surface area contributed by atoms with Crippen LogP contribution in [0.2, 0.25) is 0 Å². The molecule has 98 valence electrons. The van der Waals surface area contributed by atoms with Gasteiger partial charge in [0.1, 0.15) is 5.69 Å². The average molecular weight is 250 g/mol. The van der Waals surface area contributed by atoms with Gasteiger partial charge in [-0.05, 0) is 30.9 Å². The summed E-state index contributed by atoms with van der Waals surface area (Å²) in [4.78, 5) is 15.1. The molecule has 1 atom stereocenters. The molecule has 0 bridgehead atoms. The van der Waals surface area contributed by atoms with Crippen LogP contribution in [0.25, 0.3) is 0 Å². The first-order valence-corrected chi connectivity index (χ1v) is 6.27. The zero-order valence-corrected chi connectivity index (χ0v) is 10.2. The molecule has 2 heterocycles. The smallest absolute Gasteiger partial charge is 0.354 e. The monoisotopic (exact) mass is 250 g/mol.